The smallest absolute Gasteiger partial charge is 0.143 e. The van der Waals surface area contributed by atoms with Crippen molar-refractivity contribution >= 4 is 60.5 Å². The minimum Gasteiger partial charge on any atom is -0.455 e. The van der Waals surface area contributed by atoms with Crippen LogP contribution in [0, 0.1) is 0 Å². The minimum absolute atomic E-state index is 0.892. The summed E-state index contributed by atoms with van der Waals surface area (Å²) in [6, 6.07) is 71.8. The molecule has 0 N–H and O–H groups in total. The molecule has 2 nitrogen and oxygen atoms in total. The summed E-state index contributed by atoms with van der Waals surface area (Å²) in [7, 11) is 0. The number of furan rings is 1. The second-order valence-corrected chi connectivity index (χ2v) is 13.3. The van der Waals surface area contributed by atoms with Crippen LogP contribution in [-0.4, -0.2) is 0 Å². The fourth-order valence-corrected chi connectivity index (χ4v) is 7.73. The molecule has 0 radical (unpaired) electrons. The fourth-order valence-electron chi connectivity index (χ4n) is 7.73. The van der Waals surface area contributed by atoms with Gasteiger partial charge in [0.2, 0.25) is 0 Å². The number of fused-ring (bicyclic) bond motifs is 6. The van der Waals surface area contributed by atoms with E-state index in [-0.39, 0.29) is 0 Å². The molecule has 0 aliphatic rings. The van der Waals surface area contributed by atoms with E-state index in [0.29, 0.717) is 0 Å². The third-order valence-corrected chi connectivity index (χ3v) is 10.2. The van der Waals surface area contributed by atoms with E-state index in [1.165, 1.54) is 38.4 Å². The Labute approximate surface area is 302 Å². The summed E-state index contributed by atoms with van der Waals surface area (Å²) in [5.74, 6) is 0. The summed E-state index contributed by atoms with van der Waals surface area (Å²) in [5.41, 5.74) is 12.1. The molecular weight excluding hydrogens is 631 g/mol. The molecule has 10 aromatic rings. The molecule has 0 aliphatic carbocycles. The van der Waals surface area contributed by atoms with Gasteiger partial charge < -0.3 is 9.32 Å². The summed E-state index contributed by atoms with van der Waals surface area (Å²) in [4.78, 5) is 2.41. The molecule has 0 saturated heterocycles. The molecule has 10 rings (SSSR count). The number of hydrogen-bond donors (Lipinski definition) is 0. The molecule has 1 heterocycles. The Bertz CT molecular complexity index is 2910. The quantitative estimate of drug-likeness (QED) is 0.176. The van der Waals surface area contributed by atoms with E-state index in [2.05, 4.69) is 205 Å². The molecule has 2 heteroatoms. The Hall–Kier alpha value is -6.90. The number of rotatable bonds is 6. The third kappa shape index (κ3) is 5.12. The Balaban J connectivity index is 1.20. The van der Waals surface area contributed by atoms with Crippen molar-refractivity contribution in [2.75, 3.05) is 4.90 Å². The first-order valence-corrected chi connectivity index (χ1v) is 17.8. The van der Waals surface area contributed by atoms with Crippen LogP contribution >= 0.6 is 0 Å². The van der Waals surface area contributed by atoms with Crippen LogP contribution in [0.2, 0.25) is 0 Å². The number of benzene rings is 9. The first-order chi connectivity index (χ1) is 25.8. The second-order valence-electron chi connectivity index (χ2n) is 13.3. The van der Waals surface area contributed by atoms with Crippen LogP contribution in [-0.2, 0) is 0 Å². The van der Waals surface area contributed by atoms with Crippen molar-refractivity contribution in [3.63, 3.8) is 0 Å². The van der Waals surface area contributed by atoms with Gasteiger partial charge in [-0.15, -0.1) is 0 Å². The Morgan fingerprint density at radius 1 is 0.327 bits per heavy atom. The standard InChI is InChI=1S/C50H33NO/c1-3-14-35(15-4-1)42-29-27-41(33-46(42)36-16-5-2-6-17-36)51(40-26-23-34-13-7-8-19-38(34)31-40)48-22-12-11-20-43(48)39-25-30-49-47(32-39)45-28-24-37-18-9-10-21-44(37)50(45)52-49/h1-33H. The Morgan fingerprint density at radius 2 is 0.962 bits per heavy atom. The summed E-state index contributed by atoms with van der Waals surface area (Å²) in [6.45, 7) is 0. The van der Waals surface area contributed by atoms with Crippen LogP contribution in [0.4, 0.5) is 17.1 Å². The molecule has 0 unspecified atom stereocenters. The number of para-hydroxylation sites is 1. The van der Waals surface area contributed by atoms with E-state index in [1.807, 2.05) is 0 Å². The highest BCUT2D eigenvalue weighted by Crippen LogP contribution is 2.45. The maximum Gasteiger partial charge on any atom is 0.143 e. The highest BCUT2D eigenvalue weighted by atomic mass is 16.3. The third-order valence-electron chi connectivity index (χ3n) is 10.2. The van der Waals surface area contributed by atoms with E-state index in [4.69, 9.17) is 4.42 Å². The first kappa shape index (κ1) is 30.0. The molecule has 0 fully saturated rings. The predicted molar refractivity (Wildman–Crippen MR) is 220 cm³/mol. The van der Waals surface area contributed by atoms with Crippen LogP contribution < -0.4 is 4.90 Å². The molecule has 52 heavy (non-hydrogen) atoms. The number of nitrogens with zero attached hydrogens (tertiary/aromatic N) is 1. The van der Waals surface area contributed by atoms with Gasteiger partial charge in [-0.1, -0.05) is 152 Å². The van der Waals surface area contributed by atoms with E-state index < -0.39 is 0 Å². The zero-order chi connectivity index (χ0) is 34.4. The van der Waals surface area contributed by atoms with Gasteiger partial charge in [-0.2, -0.15) is 0 Å². The lowest BCUT2D eigenvalue weighted by Crippen LogP contribution is -2.11. The molecule has 0 aliphatic heterocycles. The van der Waals surface area contributed by atoms with Crippen molar-refractivity contribution in [2.45, 2.75) is 0 Å². The van der Waals surface area contributed by atoms with Crippen molar-refractivity contribution in [3.05, 3.63) is 200 Å². The van der Waals surface area contributed by atoms with Gasteiger partial charge >= 0.3 is 0 Å². The van der Waals surface area contributed by atoms with Crippen LogP contribution in [0.25, 0.3) is 76.9 Å². The van der Waals surface area contributed by atoms with Gasteiger partial charge in [0.1, 0.15) is 11.2 Å². The lowest BCUT2D eigenvalue weighted by Gasteiger charge is -2.29. The Kier molecular flexibility index (Phi) is 7.18. The molecule has 0 spiro atoms. The van der Waals surface area contributed by atoms with E-state index in [0.717, 1.165) is 55.5 Å². The van der Waals surface area contributed by atoms with Crippen LogP contribution in [0.15, 0.2) is 205 Å². The average Bonchev–Trinajstić information content (AvgIpc) is 3.60. The Morgan fingerprint density at radius 3 is 1.79 bits per heavy atom. The normalized spacial score (nSPS) is 11.5. The largest absolute Gasteiger partial charge is 0.455 e. The van der Waals surface area contributed by atoms with E-state index in [1.54, 1.807) is 0 Å². The minimum atomic E-state index is 0.892. The monoisotopic (exact) mass is 663 g/mol. The van der Waals surface area contributed by atoms with Crippen molar-refractivity contribution in [2.24, 2.45) is 0 Å². The van der Waals surface area contributed by atoms with Gasteiger partial charge in [0.15, 0.2) is 0 Å². The van der Waals surface area contributed by atoms with Gasteiger partial charge in [-0.3, -0.25) is 0 Å². The lowest BCUT2D eigenvalue weighted by atomic mass is 9.93. The van der Waals surface area contributed by atoms with E-state index >= 15 is 0 Å². The summed E-state index contributed by atoms with van der Waals surface area (Å²) in [6.07, 6.45) is 0. The van der Waals surface area contributed by atoms with E-state index in [9.17, 15) is 0 Å². The molecule has 0 amide bonds. The zero-order valence-corrected chi connectivity index (χ0v) is 28.4. The maximum atomic E-state index is 6.51. The summed E-state index contributed by atoms with van der Waals surface area (Å²) >= 11 is 0. The van der Waals surface area contributed by atoms with Crippen molar-refractivity contribution in [1.82, 2.24) is 0 Å². The number of anilines is 3. The highest BCUT2D eigenvalue weighted by Gasteiger charge is 2.21. The fraction of sp³-hybridized carbons (Fsp3) is 0. The number of hydrogen-bond acceptors (Lipinski definition) is 2. The van der Waals surface area contributed by atoms with Crippen molar-refractivity contribution in [1.29, 1.82) is 0 Å². The second kappa shape index (κ2) is 12.5. The molecule has 244 valence electrons. The molecule has 9 aromatic carbocycles. The van der Waals surface area contributed by atoms with Gasteiger partial charge in [0.25, 0.3) is 0 Å². The van der Waals surface area contributed by atoms with Crippen molar-refractivity contribution in [3.8, 4) is 33.4 Å². The molecule has 0 saturated carbocycles. The predicted octanol–water partition coefficient (Wildman–Crippen LogP) is 14.4. The van der Waals surface area contributed by atoms with Gasteiger partial charge in [-0.05, 0) is 92.5 Å². The van der Waals surface area contributed by atoms with Gasteiger partial charge in [0, 0.05) is 33.1 Å². The topological polar surface area (TPSA) is 16.4 Å². The molecule has 0 atom stereocenters. The molecule has 1 aromatic heterocycles. The average molecular weight is 664 g/mol. The molecule has 0 bridgehead atoms. The summed E-state index contributed by atoms with van der Waals surface area (Å²) in [5, 5.41) is 6.97. The highest BCUT2D eigenvalue weighted by molar-refractivity contribution is 6.15. The van der Waals surface area contributed by atoms with Crippen LogP contribution in [0.3, 0.4) is 0 Å². The first-order valence-electron chi connectivity index (χ1n) is 17.8. The molecular formula is C50H33NO. The van der Waals surface area contributed by atoms with Gasteiger partial charge in [-0.25, -0.2) is 0 Å². The maximum absolute atomic E-state index is 6.51. The summed E-state index contributed by atoms with van der Waals surface area (Å²) < 4.78 is 6.51. The van der Waals surface area contributed by atoms with Crippen molar-refractivity contribution < 1.29 is 4.42 Å². The lowest BCUT2D eigenvalue weighted by molar-refractivity contribution is 0.672. The van der Waals surface area contributed by atoms with Crippen LogP contribution in [0.1, 0.15) is 0 Å². The SMILES string of the molecule is c1ccc(-c2ccc(N(c3ccc4ccccc4c3)c3ccccc3-c3ccc4oc5c6ccccc6ccc5c4c3)cc2-c2ccccc2)cc1. The van der Waals surface area contributed by atoms with Crippen LogP contribution in [0.5, 0.6) is 0 Å². The van der Waals surface area contributed by atoms with Gasteiger partial charge in [0.05, 0.1) is 5.69 Å². The zero-order valence-electron chi connectivity index (χ0n) is 28.4.